The van der Waals surface area contributed by atoms with Crippen LogP contribution in [0.3, 0.4) is 0 Å². The molecule has 0 radical (unpaired) electrons. The molecule has 1 fully saturated rings. The van der Waals surface area contributed by atoms with Gasteiger partial charge in [0.05, 0.1) is 25.9 Å². The Balaban J connectivity index is 1.73. The number of methoxy groups -OCH3 is 1. The largest absolute Gasteiger partial charge is 0.496 e. The molecular weight excluding hydrogens is 362 g/mol. The molecule has 0 aliphatic heterocycles. The van der Waals surface area contributed by atoms with E-state index >= 15 is 0 Å². The number of aromatic nitrogens is 3. The van der Waals surface area contributed by atoms with Crippen LogP contribution in [0.2, 0.25) is 5.02 Å². The van der Waals surface area contributed by atoms with Gasteiger partial charge in [-0.25, -0.2) is 4.68 Å². The second kappa shape index (κ2) is 7.55. The molecule has 1 aliphatic rings. The fourth-order valence-corrected chi connectivity index (χ4v) is 2.84. The molecule has 134 valence electrons. The van der Waals surface area contributed by atoms with Gasteiger partial charge in [0.2, 0.25) is 10.7 Å². The lowest BCUT2D eigenvalue weighted by Gasteiger charge is -2.16. The average Bonchev–Trinajstić information content (AvgIpc) is 3.29. The monoisotopic (exact) mass is 381 g/mol. The first-order valence-corrected chi connectivity index (χ1v) is 8.73. The summed E-state index contributed by atoms with van der Waals surface area (Å²) in [4.78, 5) is 18.1. The van der Waals surface area contributed by atoms with Gasteiger partial charge in [-0.3, -0.25) is 14.8 Å². The number of rotatable bonds is 7. The van der Waals surface area contributed by atoms with E-state index in [1.807, 2.05) is 11.9 Å². The number of halogens is 1. The summed E-state index contributed by atoms with van der Waals surface area (Å²) in [5.41, 5.74) is 0.731. The van der Waals surface area contributed by atoms with Crippen LogP contribution < -0.4 is 10.1 Å². The van der Waals surface area contributed by atoms with Gasteiger partial charge in [-0.2, -0.15) is 4.98 Å². The van der Waals surface area contributed by atoms with Crippen molar-refractivity contribution in [3.63, 3.8) is 0 Å². The Hall–Kier alpha value is -1.90. The molecule has 1 amide bonds. The highest BCUT2D eigenvalue weighted by Crippen LogP contribution is 2.30. The minimum atomic E-state index is 0.0211. The number of hydrogen-bond donors (Lipinski definition) is 2. The molecule has 9 heteroatoms. The first-order chi connectivity index (χ1) is 12.0. The Labute approximate surface area is 155 Å². The van der Waals surface area contributed by atoms with Gasteiger partial charge in [0.15, 0.2) is 5.82 Å². The van der Waals surface area contributed by atoms with Gasteiger partial charge in [-0.1, -0.05) is 11.6 Å². The first-order valence-electron chi connectivity index (χ1n) is 7.95. The molecular formula is C16H20ClN5O2S. The quantitative estimate of drug-likeness (QED) is 0.720. The van der Waals surface area contributed by atoms with Gasteiger partial charge in [0, 0.05) is 11.1 Å². The lowest BCUT2D eigenvalue weighted by molar-refractivity contribution is -0.122. The number of aromatic amines is 1. The normalized spacial score (nSPS) is 13.9. The summed E-state index contributed by atoms with van der Waals surface area (Å²) < 4.78 is 7.45. The molecule has 2 aromatic rings. The molecule has 3 rings (SSSR count). The Morgan fingerprint density at radius 1 is 1.56 bits per heavy atom. The number of carbonyl (C=O) groups is 1. The van der Waals surface area contributed by atoms with Gasteiger partial charge in [0.25, 0.3) is 0 Å². The third-order valence-corrected chi connectivity index (χ3v) is 4.38. The van der Waals surface area contributed by atoms with Crippen LogP contribution in [0, 0.1) is 4.77 Å². The summed E-state index contributed by atoms with van der Waals surface area (Å²) in [5.74, 6) is 1.24. The molecule has 1 heterocycles. The molecule has 0 unspecified atom stereocenters. The lowest BCUT2D eigenvalue weighted by atomic mass is 10.2. The van der Waals surface area contributed by atoms with Crippen LogP contribution >= 0.6 is 23.8 Å². The van der Waals surface area contributed by atoms with Crippen molar-refractivity contribution in [2.75, 3.05) is 20.7 Å². The zero-order valence-corrected chi connectivity index (χ0v) is 15.7. The van der Waals surface area contributed by atoms with E-state index in [0.29, 0.717) is 40.6 Å². The topological polar surface area (TPSA) is 75.2 Å². The number of hydrogen-bond acceptors (Lipinski definition) is 5. The molecule has 0 bridgehead atoms. The minimum Gasteiger partial charge on any atom is -0.496 e. The molecule has 0 atom stereocenters. The van der Waals surface area contributed by atoms with Gasteiger partial charge in [-0.15, -0.1) is 0 Å². The number of benzene rings is 1. The second-order valence-electron chi connectivity index (χ2n) is 6.12. The Morgan fingerprint density at radius 3 is 3.00 bits per heavy atom. The minimum absolute atomic E-state index is 0.0211. The molecule has 1 aliphatic carbocycles. The van der Waals surface area contributed by atoms with E-state index in [4.69, 9.17) is 28.6 Å². The highest BCUT2D eigenvalue weighted by atomic mass is 35.5. The maximum absolute atomic E-state index is 11.9. The third kappa shape index (κ3) is 4.59. The van der Waals surface area contributed by atoms with E-state index in [1.54, 1.807) is 30.0 Å². The van der Waals surface area contributed by atoms with Crippen LogP contribution in [0.15, 0.2) is 18.2 Å². The smallest absolute Gasteiger partial charge is 0.234 e. The Morgan fingerprint density at radius 2 is 2.32 bits per heavy atom. The van der Waals surface area contributed by atoms with Crippen molar-refractivity contribution < 1.29 is 9.53 Å². The lowest BCUT2D eigenvalue weighted by Crippen LogP contribution is -2.37. The number of nitrogens with zero attached hydrogens (tertiary/aromatic N) is 3. The van der Waals surface area contributed by atoms with Crippen molar-refractivity contribution in [2.24, 2.45) is 0 Å². The Kier molecular flexibility index (Phi) is 5.41. The van der Waals surface area contributed by atoms with E-state index in [9.17, 15) is 4.79 Å². The van der Waals surface area contributed by atoms with Gasteiger partial charge in [0.1, 0.15) is 5.75 Å². The van der Waals surface area contributed by atoms with Crippen LogP contribution in [0.1, 0.15) is 12.8 Å². The zero-order chi connectivity index (χ0) is 18.0. The predicted molar refractivity (Wildman–Crippen MR) is 98.2 cm³/mol. The molecule has 7 nitrogen and oxygen atoms in total. The number of amides is 1. The van der Waals surface area contributed by atoms with E-state index in [2.05, 4.69) is 15.4 Å². The molecule has 2 N–H and O–H groups in total. The maximum Gasteiger partial charge on any atom is 0.234 e. The van der Waals surface area contributed by atoms with Crippen LogP contribution in [0.4, 0.5) is 0 Å². The highest BCUT2D eigenvalue weighted by Gasteiger charge is 2.23. The maximum atomic E-state index is 11.9. The summed E-state index contributed by atoms with van der Waals surface area (Å²) in [5, 5.41) is 6.69. The SMILES string of the molecule is COc1ccc(Cl)cc1-c1nc(=S)n(CN(C)CC(=O)NC2CC2)[nH]1. The van der Waals surface area contributed by atoms with Gasteiger partial charge >= 0.3 is 0 Å². The summed E-state index contributed by atoms with van der Waals surface area (Å²) >= 11 is 11.4. The van der Waals surface area contributed by atoms with Gasteiger partial charge in [-0.05, 0) is 50.3 Å². The Bertz CT molecular complexity index is 830. The van der Waals surface area contributed by atoms with Crippen molar-refractivity contribution in [1.82, 2.24) is 25.0 Å². The predicted octanol–water partition coefficient (Wildman–Crippen LogP) is 2.44. The van der Waals surface area contributed by atoms with Crippen molar-refractivity contribution in [3.05, 3.63) is 28.0 Å². The average molecular weight is 382 g/mol. The molecule has 1 saturated carbocycles. The number of carbonyl (C=O) groups excluding carboxylic acids is 1. The van der Waals surface area contributed by atoms with E-state index in [1.165, 1.54) is 0 Å². The van der Waals surface area contributed by atoms with Crippen LogP contribution in [0.25, 0.3) is 11.4 Å². The summed E-state index contributed by atoms with van der Waals surface area (Å²) in [6.45, 7) is 0.722. The molecule has 25 heavy (non-hydrogen) atoms. The van der Waals surface area contributed by atoms with Crippen LogP contribution in [0.5, 0.6) is 5.75 Å². The van der Waals surface area contributed by atoms with Crippen LogP contribution in [-0.2, 0) is 11.5 Å². The number of ether oxygens (including phenoxy) is 1. The molecule has 1 aromatic carbocycles. The second-order valence-corrected chi connectivity index (χ2v) is 6.93. The fraction of sp³-hybridized carbons (Fsp3) is 0.438. The van der Waals surface area contributed by atoms with E-state index in [-0.39, 0.29) is 5.91 Å². The van der Waals surface area contributed by atoms with Crippen molar-refractivity contribution in [3.8, 4) is 17.1 Å². The first kappa shape index (κ1) is 17.9. The number of nitrogens with one attached hydrogen (secondary N) is 2. The number of H-pyrrole nitrogens is 1. The third-order valence-electron chi connectivity index (χ3n) is 3.83. The van der Waals surface area contributed by atoms with Crippen molar-refractivity contribution >= 4 is 29.7 Å². The summed E-state index contributed by atoms with van der Waals surface area (Å²) in [6, 6.07) is 5.66. The summed E-state index contributed by atoms with van der Waals surface area (Å²) in [6.07, 6.45) is 2.15. The molecule has 0 spiro atoms. The number of likely N-dealkylation sites (N-methyl/N-ethyl adjacent to an activating group) is 1. The highest BCUT2D eigenvalue weighted by molar-refractivity contribution is 7.71. The standard InChI is InChI=1S/C16H20ClN5O2S/c1-21(8-14(23)18-11-4-5-11)9-22-16(25)19-15(20-22)12-7-10(17)3-6-13(12)24-2/h3,6-7,11H,4-5,8-9H2,1-2H3,(H,18,23)(H,19,20,25). The zero-order valence-electron chi connectivity index (χ0n) is 14.1. The van der Waals surface area contributed by atoms with E-state index in [0.717, 1.165) is 18.4 Å². The van der Waals surface area contributed by atoms with Crippen molar-refractivity contribution in [2.45, 2.75) is 25.6 Å². The van der Waals surface area contributed by atoms with Gasteiger partial charge < -0.3 is 10.1 Å². The van der Waals surface area contributed by atoms with Crippen LogP contribution in [-0.4, -0.2) is 52.3 Å². The van der Waals surface area contributed by atoms with Crippen molar-refractivity contribution in [1.29, 1.82) is 0 Å². The molecule has 0 saturated heterocycles. The van der Waals surface area contributed by atoms with E-state index < -0.39 is 0 Å². The molecule has 1 aromatic heterocycles. The summed E-state index contributed by atoms with van der Waals surface area (Å²) in [7, 11) is 3.44. The fourth-order valence-electron chi connectivity index (χ4n) is 2.48.